The second kappa shape index (κ2) is 11.6. The van der Waals surface area contributed by atoms with Gasteiger partial charge < -0.3 is 14.4 Å². The first-order valence-electron chi connectivity index (χ1n) is 10.6. The number of ether oxygens (including phenoxy) is 2. The number of hydrogen-bond donors (Lipinski definition) is 0. The molecule has 2 aliphatic rings. The van der Waals surface area contributed by atoms with Gasteiger partial charge in [-0.3, -0.25) is 4.90 Å². The van der Waals surface area contributed by atoms with Crippen molar-refractivity contribution in [3.8, 4) is 0 Å². The lowest BCUT2D eigenvalue weighted by atomic mass is 9.96. The van der Waals surface area contributed by atoms with Gasteiger partial charge in [0.2, 0.25) is 0 Å². The lowest BCUT2D eigenvalue weighted by Gasteiger charge is -2.35. The largest absolute Gasteiger partial charge is 0.383 e. The van der Waals surface area contributed by atoms with Crippen molar-refractivity contribution in [1.82, 2.24) is 9.80 Å². The van der Waals surface area contributed by atoms with Crippen LogP contribution in [0.15, 0.2) is 36.4 Å². The van der Waals surface area contributed by atoms with E-state index >= 15 is 0 Å². The van der Waals surface area contributed by atoms with Gasteiger partial charge in [0.05, 0.1) is 12.7 Å². The molecular weight excluding hydrogens is 336 g/mol. The molecule has 0 spiro atoms. The number of piperidine rings is 1. The zero-order chi connectivity index (χ0) is 18.7. The summed E-state index contributed by atoms with van der Waals surface area (Å²) in [7, 11) is 1.79. The maximum absolute atomic E-state index is 5.91. The summed E-state index contributed by atoms with van der Waals surface area (Å²) < 4.78 is 11.1. The highest BCUT2D eigenvalue weighted by molar-refractivity contribution is 5.48. The first kappa shape index (κ1) is 20.5. The third kappa shape index (κ3) is 7.38. The summed E-state index contributed by atoms with van der Waals surface area (Å²) in [6.07, 6.45) is 10.0. The molecule has 0 aromatic heterocycles. The van der Waals surface area contributed by atoms with E-state index in [4.69, 9.17) is 9.47 Å². The molecule has 1 aromatic carbocycles. The molecule has 0 saturated carbocycles. The summed E-state index contributed by atoms with van der Waals surface area (Å²) in [6.45, 7) is 8.56. The minimum Gasteiger partial charge on any atom is -0.383 e. The Bertz CT molecular complexity index is 535. The molecule has 2 aliphatic heterocycles. The third-order valence-corrected chi connectivity index (χ3v) is 5.79. The summed E-state index contributed by atoms with van der Waals surface area (Å²) in [6, 6.07) is 10.6. The van der Waals surface area contributed by atoms with Crippen molar-refractivity contribution in [3.05, 3.63) is 42.0 Å². The first-order chi connectivity index (χ1) is 13.3. The van der Waals surface area contributed by atoms with Gasteiger partial charge in [-0.15, -0.1) is 0 Å². The number of hydrogen-bond acceptors (Lipinski definition) is 4. The average molecular weight is 373 g/mol. The smallest absolute Gasteiger partial charge is 0.0702 e. The van der Waals surface area contributed by atoms with Crippen molar-refractivity contribution in [2.24, 2.45) is 5.92 Å². The quantitative estimate of drug-likeness (QED) is 0.627. The molecule has 3 rings (SSSR count). The summed E-state index contributed by atoms with van der Waals surface area (Å²) in [5.74, 6) is 0.801. The standard InChI is InChI=1S/C23H36N2O2/c1-26-18-16-24-14-11-22(12-15-24)19-25(20-23-10-6-17-27-23)13-5-9-21-7-3-2-4-8-21/h2-5,7-9,22-23H,6,10-20H2,1H3/b9-5+/t23-/m1/s1. The van der Waals surface area contributed by atoms with Crippen molar-refractivity contribution in [2.45, 2.75) is 31.8 Å². The minimum atomic E-state index is 0.428. The Kier molecular flexibility index (Phi) is 8.82. The van der Waals surface area contributed by atoms with Gasteiger partial charge in [-0.1, -0.05) is 42.5 Å². The van der Waals surface area contributed by atoms with Crippen LogP contribution in [0.25, 0.3) is 6.08 Å². The van der Waals surface area contributed by atoms with Crippen LogP contribution in [-0.2, 0) is 9.47 Å². The zero-order valence-electron chi connectivity index (χ0n) is 16.9. The van der Waals surface area contributed by atoms with Gasteiger partial charge in [-0.25, -0.2) is 0 Å². The molecule has 0 radical (unpaired) electrons. The van der Waals surface area contributed by atoms with Gasteiger partial charge in [0, 0.05) is 39.9 Å². The van der Waals surface area contributed by atoms with Gasteiger partial charge in [-0.05, 0) is 50.3 Å². The number of likely N-dealkylation sites (tertiary alicyclic amines) is 1. The minimum absolute atomic E-state index is 0.428. The van der Waals surface area contributed by atoms with E-state index in [9.17, 15) is 0 Å². The molecule has 0 amide bonds. The summed E-state index contributed by atoms with van der Waals surface area (Å²) in [5, 5.41) is 0. The fourth-order valence-electron chi connectivity index (χ4n) is 4.18. The fourth-order valence-corrected chi connectivity index (χ4v) is 4.18. The molecule has 0 unspecified atom stereocenters. The lowest BCUT2D eigenvalue weighted by molar-refractivity contribution is 0.0625. The summed E-state index contributed by atoms with van der Waals surface area (Å²) in [5.41, 5.74) is 1.28. The van der Waals surface area contributed by atoms with E-state index in [1.54, 1.807) is 7.11 Å². The lowest BCUT2D eigenvalue weighted by Crippen LogP contribution is -2.41. The Hall–Kier alpha value is -1.20. The molecule has 2 heterocycles. The van der Waals surface area contributed by atoms with E-state index in [-0.39, 0.29) is 0 Å². The fraction of sp³-hybridized carbons (Fsp3) is 0.652. The van der Waals surface area contributed by atoms with Crippen LogP contribution in [0.1, 0.15) is 31.2 Å². The van der Waals surface area contributed by atoms with E-state index in [0.29, 0.717) is 6.10 Å². The van der Waals surface area contributed by atoms with Crippen molar-refractivity contribution in [2.75, 3.05) is 59.6 Å². The van der Waals surface area contributed by atoms with Crippen LogP contribution in [0.3, 0.4) is 0 Å². The summed E-state index contributed by atoms with van der Waals surface area (Å²) in [4.78, 5) is 5.16. The number of methoxy groups -OCH3 is 1. The maximum Gasteiger partial charge on any atom is 0.0702 e. The molecule has 27 heavy (non-hydrogen) atoms. The maximum atomic E-state index is 5.91. The molecule has 0 aliphatic carbocycles. The Morgan fingerprint density at radius 2 is 1.96 bits per heavy atom. The van der Waals surface area contributed by atoms with Crippen molar-refractivity contribution in [3.63, 3.8) is 0 Å². The van der Waals surface area contributed by atoms with Crippen LogP contribution in [0.2, 0.25) is 0 Å². The van der Waals surface area contributed by atoms with E-state index in [1.165, 1.54) is 50.9 Å². The first-order valence-corrected chi connectivity index (χ1v) is 10.6. The predicted molar refractivity (Wildman–Crippen MR) is 112 cm³/mol. The van der Waals surface area contributed by atoms with E-state index in [0.717, 1.165) is 38.8 Å². The second-order valence-electron chi connectivity index (χ2n) is 7.94. The van der Waals surface area contributed by atoms with Gasteiger partial charge in [0.25, 0.3) is 0 Å². The van der Waals surface area contributed by atoms with Crippen LogP contribution < -0.4 is 0 Å². The van der Waals surface area contributed by atoms with Gasteiger partial charge in [0.15, 0.2) is 0 Å². The zero-order valence-corrected chi connectivity index (χ0v) is 16.9. The van der Waals surface area contributed by atoms with Crippen LogP contribution in [0.5, 0.6) is 0 Å². The molecule has 150 valence electrons. The highest BCUT2D eigenvalue weighted by Crippen LogP contribution is 2.20. The van der Waals surface area contributed by atoms with Crippen molar-refractivity contribution in [1.29, 1.82) is 0 Å². The predicted octanol–water partition coefficient (Wildman–Crippen LogP) is 3.54. The normalized spacial score (nSPS) is 22.2. The van der Waals surface area contributed by atoms with E-state index in [2.05, 4.69) is 52.3 Å². The topological polar surface area (TPSA) is 24.9 Å². The average Bonchev–Trinajstić information content (AvgIpc) is 3.21. The molecule has 4 heteroatoms. The second-order valence-corrected chi connectivity index (χ2v) is 7.94. The van der Waals surface area contributed by atoms with Gasteiger partial charge in [-0.2, -0.15) is 0 Å². The molecular formula is C23H36N2O2. The molecule has 4 nitrogen and oxygen atoms in total. The monoisotopic (exact) mass is 372 g/mol. The highest BCUT2D eigenvalue weighted by Gasteiger charge is 2.24. The Morgan fingerprint density at radius 1 is 1.15 bits per heavy atom. The van der Waals surface area contributed by atoms with Crippen molar-refractivity contribution >= 4 is 6.08 Å². The van der Waals surface area contributed by atoms with Crippen LogP contribution in [0, 0.1) is 5.92 Å². The third-order valence-electron chi connectivity index (χ3n) is 5.79. The van der Waals surface area contributed by atoms with Gasteiger partial charge in [0.1, 0.15) is 0 Å². The number of benzene rings is 1. The van der Waals surface area contributed by atoms with Crippen molar-refractivity contribution < 1.29 is 9.47 Å². The Balaban J connectivity index is 1.48. The molecule has 0 N–H and O–H groups in total. The molecule has 0 bridgehead atoms. The number of nitrogens with zero attached hydrogens (tertiary/aromatic N) is 2. The van der Waals surface area contributed by atoms with Crippen LogP contribution in [-0.4, -0.2) is 75.5 Å². The van der Waals surface area contributed by atoms with E-state index in [1.807, 2.05) is 0 Å². The number of rotatable bonds is 10. The molecule has 1 aromatic rings. The molecule has 2 fully saturated rings. The summed E-state index contributed by atoms with van der Waals surface area (Å²) >= 11 is 0. The van der Waals surface area contributed by atoms with E-state index < -0.39 is 0 Å². The highest BCUT2D eigenvalue weighted by atomic mass is 16.5. The Labute approximate surface area is 165 Å². The Morgan fingerprint density at radius 3 is 2.67 bits per heavy atom. The SMILES string of the molecule is COCCN1CCC(CN(C/C=C/c2ccccc2)C[C@H]2CCCO2)CC1. The molecule has 1 atom stereocenters. The molecule has 2 saturated heterocycles. The van der Waals surface area contributed by atoms with Crippen LogP contribution >= 0.6 is 0 Å². The van der Waals surface area contributed by atoms with Gasteiger partial charge >= 0.3 is 0 Å². The van der Waals surface area contributed by atoms with Crippen LogP contribution in [0.4, 0.5) is 0 Å².